The first-order valence-corrected chi connectivity index (χ1v) is 11.0. The molecule has 0 saturated heterocycles. The first-order valence-electron chi connectivity index (χ1n) is 10.2. The van der Waals surface area contributed by atoms with Crippen molar-refractivity contribution in [1.82, 2.24) is 19.8 Å². The Hall–Kier alpha value is -3.72. The molecule has 0 aliphatic rings. The van der Waals surface area contributed by atoms with Crippen LogP contribution in [0.1, 0.15) is 22.8 Å². The van der Waals surface area contributed by atoms with E-state index in [4.69, 9.17) is 4.74 Å². The molecule has 33 heavy (non-hydrogen) atoms. The molecule has 0 unspecified atom stereocenters. The number of hydrogen-bond acceptors (Lipinski definition) is 5. The van der Waals surface area contributed by atoms with Crippen LogP contribution in [0.3, 0.4) is 0 Å². The molecule has 2 aromatic heterocycles. The van der Waals surface area contributed by atoms with Crippen LogP contribution in [0.5, 0.6) is 5.75 Å². The second kappa shape index (κ2) is 9.41. The first kappa shape index (κ1) is 22.5. The zero-order valence-electron chi connectivity index (χ0n) is 18.4. The molecule has 4 aromatic rings. The van der Waals surface area contributed by atoms with E-state index in [9.17, 15) is 9.59 Å². The summed E-state index contributed by atoms with van der Waals surface area (Å²) in [6.07, 6.45) is 1.55. The van der Waals surface area contributed by atoms with Gasteiger partial charge in [-0.2, -0.15) is 9.78 Å². The SMILES string of the molecule is Cc1cc(C=NNC(=O)COc2cccc(Br)c2)c(C)n1-n1c(C)nc2ccccc2c1=O. The van der Waals surface area contributed by atoms with Gasteiger partial charge in [0, 0.05) is 21.4 Å². The summed E-state index contributed by atoms with van der Waals surface area (Å²) >= 11 is 3.36. The van der Waals surface area contributed by atoms with Gasteiger partial charge in [0.25, 0.3) is 11.5 Å². The standard InChI is InChI=1S/C24H22BrN5O3/c1-15-11-18(13-26-28-23(31)14-33-20-8-6-7-19(25)12-20)16(2)29(15)30-17(3)27-22-10-5-4-9-21(22)24(30)32/h4-13H,14H2,1-3H3,(H,28,31). The lowest BCUT2D eigenvalue weighted by atomic mass is 10.2. The van der Waals surface area contributed by atoms with Gasteiger partial charge in [-0.15, -0.1) is 0 Å². The summed E-state index contributed by atoms with van der Waals surface area (Å²) in [5, 5.41) is 4.59. The third-order valence-corrected chi connectivity index (χ3v) is 5.60. The maximum absolute atomic E-state index is 13.2. The number of carbonyl (C=O) groups excluding carboxylic acids is 1. The monoisotopic (exact) mass is 507 g/mol. The van der Waals surface area contributed by atoms with Gasteiger partial charge in [0.1, 0.15) is 11.6 Å². The third kappa shape index (κ3) is 4.73. The van der Waals surface area contributed by atoms with Crippen LogP contribution >= 0.6 is 15.9 Å². The van der Waals surface area contributed by atoms with Crippen LogP contribution in [0.15, 0.2) is 69.0 Å². The molecular formula is C24H22BrN5O3. The molecule has 168 valence electrons. The number of rotatable bonds is 6. The number of hydrogen-bond donors (Lipinski definition) is 1. The maximum Gasteiger partial charge on any atom is 0.280 e. The minimum Gasteiger partial charge on any atom is -0.484 e. The number of halogens is 1. The van der Waals surface area contributed by atoms with E-state index < -0.39 is 0 Å². The third-order valence-electron chi connectivity index (χ3n) is 5.11. The summed E-state index contributed by atoms with van der Waals surface area (Å²) < 4.78 is 9.67. The van der Waals surface area contributed by atoms with E-state index in [1.807, 2.05) is 50.2 Å². The molecule has 0 bridgehead atoms. The van der Waals surface area contributed by atoms with Gasteiger partial charge in [-0.1, -0.05) is 34.1 Å². The van der Waals surface area contributed by atoms with E-state index in [-0.39, 0.29) is 18.1 Å². The lowest BCUT2D eigenvalue weighted by molar-refractivity contribution is -0.123. The topological polar surface area (TPSA) is 90.5 Å². The number of amides is 1. The van der Waals surface area contributed by atoms with Crippen LogP contribution in [0.4, 0.5) is 0 Å². The highest BCUT2D eigenvalue weighted by molar-refractivity contribution is 9.10. The van der Waals surface area contributed by atoms with Crippen LogP contribution in [0, 0.1) is 20.8 Å². The number of ether oxygens (including phenoxy) is 1. The fourth-order valence-corrected chi connectivity index (χ4v) is 3.98. The van der Waals surface area contributed by atoms with E-state index in [1.54, 1.807) is 40.7 Å². The minimum absolute atomic E-state index is 0.151. The van der Waals surface area contributed by atoms with Crippen molar-refractivity contribution in [2.45, 2.75) is 20.8 Å². The van der Waals surface area contributed by atoms with Gasteiger partial charge in [0.15, 0.2) is 6.61 Å². The quantitative estimate of drug-likeness (QED) is 0.318. The van der Waals surface area contributed by atoms with Gasteiger partial charge >= 0.3 is 0 Å². The highest BCUT2D eigenvalue weighted by Gasteiger charge is 2.15. The molecule has 4 rings (SSSR count). The van der Waals surface area contributed by atoms with E-state index in [0.29, 0.717) is 22.5 Å². The number of fused-ring (bicyclic) bond motifs is 1. The van der Waals surface area contributed by atoms with Crippen molar-refractivity contribution < 1.29 is 9.53 Å². The number of benzene rings is 2. The predicted molar refractivity (Wildman–Crippen MR) is 131 cm³/mol. The second-order valence-corrected chi connectivity index (χ2v) is 8.39. The Morgan fingerprint density at radius 2 is 1.91 bits per heavy atom. The van der Waals surface area contributed by atoms with Crippen LogP contribution in [0.2, 0.25) is 0 Å². The highest BCUT2D eigenvalue weighted by atomic mass is 79.9. The number of nitrogens with one attached hydrogen (secondary N) is 1. The fraction of sp³-hybridized carbons (Fsp3) is 0.167. The van der Waals surface area contributed by atoms with Crippen LogP contribution in [-0.2, 0) is 4.79 Å². The van der Waals surface area contributed by atoms with Crippen molar-refractivity contribution >= 4 is 39.0 Å². The van der Waals surface area contributed by atoms with Crippen LogP contribution in [0.25, 0.3) is 10.9 Å². The molecule has 8 nitrogen and oxygen atoms in total. The van der Waals surface area contributed by atoms with Gasteiger partial charge < -0.3 is 4.74 Å². The Morgan fingerprint density at radius 1 is 1.12 bits per heavy atom. The molecule has 0 spiro atoms. The largest absolute Gasteiger partial charge is 0.484 e. The van der Waals surface area contributed by atoms with E-state index in [2.05, 4.69) is 31.4 Å². The van der Waals surface area contributed by atoms with Gasteiger partial charge in [-0.05, 0) is 57.2 Å². The Labute approximate surface area is 198 Å². The van der Waals surface area contributed by atoms with Crippen molar-refractivity contribution in [3.63, 3.8) is 0 Å². The number of aryl methyl sites for hydroxylation is 2. The Bertz CT molecular complexity index is 1440. The zero-order valence-corrected chi connectivity index (χ0v) is 20.0. The summed E-state index contributed by atoms with van der Waals surface area (Å²) in [5.41, 5.74) is 5.36. The molecule has 9 heteroatoms. The lowest BCUT2D eigenvalue weighted by Gasteiger charge is -2.16. The summed E-state index contributed by atoms with van der Waals surface area (Å²) in [6.45, 7) is 5.42. The molecule has 0 aliphatic carbocycles. The van der Waals surface area contributed by atoms with Gasteiger partial charge in [-0.25, -0.2) is 10.4 Å². The summed E-state index contributed by atoms with van der Waals surface area (Å²) in [4.78, 5) is 29.8. The average Bonchev–Trinajstić information content (AvgIpc) is 3.06. The smallest absolute Gasteiger partial charge is 0.280 e. The number of nitrogens with zero attached hydrogens (tertiary/aromatic N) is 4. The first-order chi connectivity index (χ1) is 15.8. The molecule has 1 N–H and O–H groups in total. The van der Waals surface area contributed by atoms with Gasteiger partial charge in [0.2, 0.25) is 0 Å². The number of hydrazone groups is 1. The van der Waals surface area contributed by atoms with E-state index in [0.717, 1.165) is 21.4 Å². The summed E-state index contributed by atoms with van der Waals surface area (Å²) in [6, 6.07) is 16.4. The normalized spacial score (nSPS) is 11.3. The Balaban J connectivity index is 1.52. The summed E-state index contributed by atoms with van der Waals surface area (Å²) in [7, 11) is 0. The molecular weight excluding hydrogens is 486 g/mol. The van der Waals surface area contributed by atoms with Crippen molar-refractivity contribution in [2.75, 3.05) is 6.61 Å². The highest BCUT2D eigenvalue weighted by Crippen LogP contribution is 2.18. The second-order valence-electron chi connectivity index (χ2n) is 7.47. The number of aromatic nitrogens is 3. The molecule has 0 radical (unpaired) electrons. The maximum atomic E-state index is 13.2. The number of carbonyl (C=O) groups is 1. The zero-order chi connectivity index (χ0) is 23.5. The van der Waals surface area contributed by atoms with Gasteiger partial charge in [0.05, 0.1) is 17.1 Å². The molecule has 0 atom stereocenters. The predicted octanol–water partition coefficient (Wildman–Crippen LogP) is 3.73. The van der Waals surface area contributed by atoms with E-state index >= 15 is 0 Å². The Morgan fingerprint density at radius 3 is 2.70 bits per heavy atom. The lowest BCUT2D eigenvalue weighted by Crippen LogP contribution is -2.31. The van der Waals surface area contributed by atoms with Crippen LogP contribution < -0.4 is 15.7 Å². The fourth-order valence-electron chi connectivity index (χ4n) is 3.60. The Kier molecular flexibility index (Phi) is 6.41. The van der Waals surface area contributed by atoms with Crippen molar-refractivity contribution in [2.24, 2.45) is 5.10 Å². The summed E-state index contributed by atoms with van der Waals surface area (Å²) in [5.74, 6) is 0.768. The molecule has 1 amide bonds. The van der Waals surface area contributed by atoms with Crippen LogP contribution in [-0.4, -0.2) is 33.1 Å². The molecule has 0 aliphatic heterocycles. The molecule has 0 saturated carbocycles. The van der Waals surface area contributed by atoms with E-state index in [1.165, 1.54) is 0 Å². The molecule has 0 fully saturated rings. The van der Waals surface area contributed by atoms with Crippen molar-refractivity contribution in [3.8, 4) is 5.75 Å². The average molecular weight is 508 g/mol. The van der Waals surface area contributed by atoms with Crippen molar-refractivity contribution in [1.29, 1.82) is 0 Å². The molecule has 2 aromatic carbocycles. The molecule has 2 heterocycles. The minimum atomic E-state index is -0.383. The van der Waals surface area contributed by atoms with Gasteiger partial charge in [-0.3, -0.25) is 14.3 Å². The van der Waals surface area contributed by atoms with Crippen molar-refractivity contribution in [3.05, 3.63) is 92.2 Å². The number of para-hydroxylation sites is 1.